The summed E-state index contributed by atoms with van der Waals surface area (Å²) in [6.07, 6.45) is 0.772. The summed E-state index contributed by atoms with van der Waals surface area (Å²) in [6, 6.07) is 20.6. The van der Waals surface area contributed by atoms with Crippen LogP contribution >= 0.6 is 0 Å². The molecule has 37 heavy (non-hydrogen) atoms. The Labute approximate surface area is 215 Å². The van der Waals surface area contributed by atoms with Gasteiger partial charge >= 0.3 is 0 Å². The van der Waals surface area contributed by atoms with Crippen molar-refractivity contribution in [1.29, 1.82) is 0 Å². The lowest BCUT2D eigenvalue weighted by atomic mass is 9.85. The highest BCUT2D eigenvalue weighted by Crippen LogP contribution is 2.40. The molecule has 2 aromatic heterocycles. The van der Waals surface area contributed by atoms with Gasteiger partial charge in [0.1, 0.15) is 0 Å². The van der Waals surface area contributed by atoms with Gasteiger partial charge in [0.2, 0.25) is 0 Å². The summed E-state index contributed by atoms with van der Waals surface area (Å²) in [5.74, 6) is -0.326. The van der Waals surface area contributed by atoms with Crippen LogP contribution < -0.4 is 10.5 Å². The van der Waals surface area contributed by atoms with E-state index in [-0.39, 0.29) is 11.7 Å². The molecular formula is C30H33N3O4. The van der Waals surface area contributed by atoms with Crippen molar-refractivity contribution in [3.63, 3.8) is 0 Å². The minimum atomic E-state index is -0.833. The molecule has 0 saturated heterocycles. The lowest BCUT2D eigenvalue weighted by molar-refractivity contribution is -0.134. The molecule has 1 atom stereocenters. The van der Waals surface area contributed by atoms with Crippen LogP contribution in [0.4, 0.5) is 0 Å². The summed E-state index contributed by atoms with van der Waals surface area (Å²) in [5, 5.41) is 20.1. The number of phenols is 1. The Hall–Kier alpha value is -4.23. The van der Waals surface area contributed by atoms with Gasteiger partial charge in [-0.15, -0.1) is 0 Å². The number of carbonyl (C=O) groups is 1. The number of nitrogens with one attached hydrogen (secondary N) is 2. The molecular weight excluding hydrogens is 466 g/mol. The fraction of sp³-hybridized carbons (Fsp3) is 0.233. The molecule has 1 unspecified atom stereocenters. The molecule has 0 aliphatic rings. The normalized spacial score (nSPS) is 11.8. The second-order valence-electron chi connectivity index (χ2n) is 9.16. The van der Waals surface area contributed by atoms with E-state index in [1.54, 1.807) is 13.2 Å². The Morgan fingerprint density at radius 1 is 0.973 bits per heavy atom. The van der Waals surface area contributed by atoms with Crippen molar-refractivity contribution in [2.24, 2.45) is 5.73 Å². The number of aromatic hydroxyl groups is 1. The van der Waals surface area contributed by atoms with Crippen LogP contribution in [0.25, 0.3) is 21.8 Å². The van der Waals surface area contributed by atoms with Crippen LogP contribution in [0.5, 0.6) is 11.5 Å². The smallest absolute Gasteiger partial charge is 0.300 e. The topological polar surface area (TPSA) is 124 Å². The van der Waals surface area contributed by atoms with Crippen molar-refractivity contribution in [1.82, 2.24) is 9.97 Å². The van der Waals surface area contributed by atoms with Gasteiger partial charge in [0.15, 0.2) is 11.5 Å². The van der Waals surface area contributed by atoms with E-state index in [1.165, 1.54) is 27.6 Å². The lowest BCUT2D eigenvalue weighted by Crippen LogP contribution is -2.10. The summed E-state index contributed by atoms with van der Waals surface area (Å²) in [7, 11) is 1.58. The minimum Gasteiger partial charge on any atom is -0.504 e. The van der Waals surface area contributed by atoms with Crippen molar-refractivity contribution >= 4 is 27.8 Å². The standard InChI is InChI=1S/C28H29N3O2.C2H4O2/c1-16-17(2)30-24-14-18(8-10-20(16)24)27(19-9-11-25(32)26(15-19)33-3)28-22(12-13-29)21-6-4-5-7-23(21)31-28;1-2(3)4/h4-11,14-15,27,30-32H,12-13,29H2,1-3H3;1H3,(H,3,4). The molecule has 192 valence electrons. The Morgan fingerprint density at radius 2 is 1.65 bits per heavy atom. The fourth-order valence-corrected chi connectivity index (χ4v) is 4.95. The van der Waals surface area contributed by atoms with Gasteiger partial charge in [-0.05, 0) is 73.3 Å². The van der Waals surface area contributed by atoms with Crippen LogP contribution in [0.3, 0.4) is 0 Å². The van der Waals surface area contributed by atoms with E-state index in [4.69, 9.17) is 20.4 Å². The Bertz CT molecular complexity index is 1560. The highest BCUT2D eigenvalue weighted by Gasteiger charge is 2.25. The van der Waals surface area contributed by atoms with E-state index in [2.05, 4.69) is 60.2 Å². The first-order chi connectivity index (χ1) is 17.7. The Balaban J connectivity index is 0.000000747. The zero-order chi connectivity index (χ0) is 26.7. The third-order valence-corrected chi connectivity index (χ3v) is 6.73. The van der Waals surface area contributed by atoms with E-state index in [1.807, 2.05) is 18.2 Å². The number of aliphatic carboxylic acids is 1. The van der Waals surface area contributed by atoms with Crippen LogP contribution in [0.2, 0.25) is 0 Å². The summed E-state index contributed by atoms with van der Waals surface area (Å²) in [6.45, 7) is 5.90. The number of phenolic OH excluding ortho intramolecular Hbond substituents is 1. The summed E-state index contributed by atoms with van der Waals surface area (Å²) in [4.78, 5) is 16.2. The number of benzene rings is 3. The monoisotopic (exact) mass is 499 g/mol. The molecule has 2 heterocycles. The zero-order valence-electron chi connectivity index (χ0n) is 21.6. The molecule has 0 spiro atoms. The molecule has 0 aliphatic heterocycles. The van der Waals surface area contributed by atoms with E-state index < -0.39 is 5.97 Å². The SMILES string of the molecule is CC(=O)O.COc1cc(C(c2ccc3c(C)c(C)[nH]c3c2)c2[nH]c3ccccc3c2CCN)ccc1O. The van der Waals surface area contributed by atoms with E-state index >= 15 is 0 Å². The second kappa shape index (κ2) is 10.8. The van der Waals surface area contributed by atoms with Crippen LogP contribution in [0.1, 0.15) is 46.5 Å². The van der Waals surface area contributed by atoms with Crippen molar-refractivity contribution < 1.29 is 19.7 Å². The van der Waals surface area contributed by atoms with Crippen molar-refractivity contribution in [2.45, 2.75) is 33.1 Å². The average molecular weight is 500 g/mol. The highest BCUT2D eigenvalue weighted by molar-refractivity contribution is 5.87. The van der Waals surface area contributed by atoms with Gasteiger partial charge in [-0.2, -0.15) is 0 Å². The molecule has 0 saturated carbocycles. The summed E-state index contributed by atoms with van der Waals surface area (Å²) < 4.78 is 5.45. The maximum Gasteiger partial charge on any atom is 0.300 e. The van der Waals surface area contributed by atoms with Gasteiger partial charge in [-0.3, -0.25) is 4.79 Å². The number of carboxylic acids is 1. The number of nitrogens with two attached hydrogens (primary N) is 1. The van der Waals surface area contributed by atoms with Crippen LogP contribution in [-0.4, -0.2) is 39.8 Å². The molecule has 3 aromatic carbocycles. The molecule has 7 heteroatoms. The number of fused-ring (bicyclic) bond motifs is 2. The predicted octanol–water partition coefficient (Wildman–Crippen LogP) is 5.75. The van der Waals surface area contributed by atoms with Gasteiger partial charge in [0.05, 0.1) is 7.11 Å². The van der Waals surface area contributed by atoms with Crippen molar-refractivity contribution in [3.05, 3.63) is 94.3 Å². The Kier molecular flexibility index (Phi) is 7.55. The number of ether oxygens (including phenoxy) is 1. The van der Waals surface area contributed by atoms with Gasteiger partial charge in [-0.1, -0.05) is 36.4 Å². The number of methoxy groups -OCH3 is 1. The number of rotatable bonds is 6. The van der Waals surface area contributed by atoms with E-state index in [0.29, 0.717) is 12.3 Å². The second-order valence-corrected chi connectivity index (χ2v) is 9.16. The molecule has 0 radical (unpaired) electrons. The van der Waals surface area contributed by atoms with Crippen molar-refractivity contribution in [3.8, 4) is 11.5 Å². The van der Waals surface area contributed by atoms with E-state index in [0.717, 1.165) is 41.2 Å². The number of hydrogen-bond donors (Lipinski definition) is 5. The number of aryl methyl sites for hydroxylation is 2. The number of hydrogen-bond acceptors (Lipinski definition) is 4. The van der Waals surface area contributed by atoms with Gasteiger partial charge in [0, 0.05) is 46.0 Å². The number of aromatic nitrogens is 2. The van der Waals surface area contributed by atoms with Crippen LogP contribution in [0.15, 0.2) is 60.7 Å². The first-order valence-corrected chi connectivity index (χ1v) is 12.2. The van der Waals surface area contributed by atoms with Gasteiger partial charge in [-0.25, -0.2) is 0 Å². The zero-order valence-corrected chi connectivity index (χ0v) is 21.6. The molecule has 7 nitrogen and oxygen atoms in total. The number of carboxylic acid groups (broad SMARTS) is 1. The fourth-order valence-electron chi connectivity index (χ4n) is 4.95. The van der Waals surface area contributed by atoms with Gasteiger partial charge < -0.3 is 30.7 Å². The lowest BCUT2D eigenvalue weighted by Gasteiger charge is -2.20. The highest BCUT2D eigenvalue weighted by atomic mass is 16.5. The third kappa shape index (κ3) is 5.17. The molecule has 6 N–H and O–H groups in total. The summed E-state index contributed by atoms with van der Waals surface area (Å²) in [5.41, 5.74) is 15.2. The predicted molar refractivity (Wildman–Crippen MR) is 148 cm³/mol. The maximum atomic E-state index is 10.2. The first-order valence-electron chi connectivity index (χ1n) is 12.2. The molecule has 0 aliphatic carbocycles. The van der Waals surface area contributed by atoms with Crippen LogP contribution in [0, 0.1) is 13.8 Å². The number of para-hydroxylation sites is 1. The van der Waals surface area contributed by atoms with Crippen LogP contribution in [-0.2, 0) is 11.2 Å². The molecule has 0 bridgehead atoms. The van der Waals surface area contributed by atoms with E-state index in [9.17, 15) is 5.11 Å². The number of H-pyrrole nitrogens is 2. The van der Waals surface area contributed by atoms with Gasteiger partial charge in [0.25, 0.3) is 5.97 Å². The van der Waals surface area contributed by atoms with Crippen molar-refractivity contribution in [2.75, 3.05) is 13.7 Å². The quantitative estimate of drug-likeness (QED) is 0.203. The third-order valence-electron chi connectivity index (χ3n) is 6.73. The first kappa shape index (κ1) is 25.9. The Morgan fingerprint density at radius 3 is 2.35 bits per heavy atom. The average Bonchev–Trinajstić information content (AvgIpc) is 3.36. The summed E-state index contributed by atoms with van der Waals surface area (Å²) >= 11 is 0. The maximum absolute atomic E-state index is 10.2. The number of aromatic amines is 2. The molecule has 0 fully saturated rings. The largest absolute Gasteiger partial charge is 0.504 e. The minimum absolute atomic E-state index is 0.0817. The molecule has 5 aromatic rings. The molecule has 0 amide bonds. The molecule has 5 rings (SSSR count).